The van der Waals surface area contributed by atoms with E-state index < -0.39 is 25.0 Å². The number of nitrogens with one attached hydrogen (secondary N) is 3. The van der Waals surface area contributed by atoms with E-state index in [0.29, 0.717) is 37.3 Å². The number of carbonyl (C=O) groups is 2. The van der Waals surface area contributed by atoms with Crippen molar-refractivity contribution in [3.8, 4) is 0 Å². The molecule has 0 radical (unpaired) electrons. The number of aliphatic imine (C=N–C) groups is 1. The maximum Gasteiger partial charge on any atom is 0.475 e. The van der Waals surface area contributed by atoms with E-state index in [1.165, 1.54) is 0 Å². The van der Waals surface area contributed by atoms with Gasteiger partial charge >= 0.3 is 7.12 Å². The van der Waals surface area contributed by atoms with Gasteiger partial charge in [0.1, 0.15) is 6.04 Å². The van der Waals surface area contributed by atoms with Crippen LogP contribution in [0.25, 0.3) is 0 Å². The van der Waals surface area contributed by atoms with Crippen LogP contribution in [-0.4, -0.2) is 60.5 Å². The van der Waals surface area contributed by atoms with Crippen molar-refractivity contribution in [2.75, 3.05) is 13.6 Å². The van der Waals surface area contributed by atoms with E-state index >= 15 is 0 Å². The minimum atomic E-state index is -1.69. The number of rotatable bonds is 11. The van der Waals surface area contributed by atoms with E-state index in [4.69, 9.17) is 5.73 Å². The third-order valence-corrected chi connectivity index (χ3v) is 4.64. The SMILES string of the molecule is CN=C(N)NCCC[C@H](NC(=O)c1ccccc1C)C(=O)N[C@@H](CC(C)C)B(O)O. The van der Waals surface area contributed by atoms with Crippen molar-refractivity contribution in [3.05, 3.63) is 35.4 Å². The second kappa shape index (κ2) is 12.9. The summed E-state index contributed by atoms with van der Waals surface area (Å²) in [6.45, 7) is 6.14. The number of aryl methyl sites for hydroxylation is 1. The van der Waals surface area contributed by atoms with Crippen LogP contribution in [0.3, 0.4) is 0 Å². The highest BCUT2D eigenvalue weighted by molar-refractivity contribution is 6.43. The molecule has 0 unspecified atom stereocenters. The second-order valence-corrected chi connectivity index (χ2v) is 7.68. The van der Waals surface area contributed by atoms with Crippen LogP contribution in [0.15, 0.2) is 29.3 Å². The summed E-state index contributed by atoms with van der Waals surface area (Å²) in [6.07, 6.45) is 1.27. The Hall–Kier alpha value is -2.59. The van der Waals surface area contributed by atoms with Gasteiger partial charge in [-0.3, -0.25) is 14.6 Å². The molecule has 0 bridgehead atoms. The highest BCUT2D eigenvalue weighted by Gasteiger charge is 2.30. The van der Waals surface area contributed by atoms with Gasteiger partial charge in [0.15, 0.2) is 5.96 Å². The van der Waals surface area contributed by atoms with Crippen LogP contribution in [0.2, 0.25) is 0 Å². The van der Waals surface area contributed by atoms with Gasteiger partial charge in [0.05, 0.1) is 5.94 Å². The molecule has 0 saturated heterocycles. The Labute approximate surface area is 178 Å². The smallest absolute Gasteiger partial charge is 0.426 e. The Kier molecular flexibility index (Phi) is 10.9. The van der Waals surface area contributed by atoms with Crippen LogP contribution in [0.1, 0.15) is 49.0 Å². The third kappa shape index (κ3) is 8.83. The van der Waals surface area contributed by atoms with Gasteiger partial charge in [-0.25, -0.2) is 0 Å². The summed E-state index contributed by atoms with van der Waals surface area (Å²) in [4.78, 5) is 29.4. The maximum atomic E-state index is 12.9. The largest absolute Gasteiger partial charge is 0.475 e. The van der Waals surface area contributed by atoms with Crippen molar-refractivity contribution in [1.29, 1.82) is 0 Å². The number of nitrogens with zero attached hydrogens (tertiary/aromatic N) is 1. The molecule has 1 aromatic carbocycles. The standard InChI is InChI=1S/C20H34BN5O4/c1-13(2)12-17(21(29)30)26-19(28)16(10-7-11-24-20(22)23-4)25-18(27)15-9-6-5-8-14(15)3/h5-6,8-9,13,16-17,29-30H,7,10-12H2,1-4H3,(H,25,27)(H,26,28)(H3,22,23,24)/t16-,17-/m0/s1. The second-order valence-electron chi connectivity index (χ2n) is 7.68. The topological polar surface area (TPSA) is 149 Å². The molecule has 1 aromatic rings. The van der Waals surface area contributed by atoms with Crippen molar-refractivity contribution in [3.63, 3.8) is 0 Å². The number of hydrogen-bond acceptors (Lipinski definition) is 5. The zero-order valence-corrected chi connectivity index (χ0v) is 18.2. The summed E-state index contributed by atoms with van der Waals surface area (Å²) < 4.78 is 0. The van der Waals surface area contributed by atoms with Crippen LogP contribution in [0.5, 0.6) is 0 Å². The monoisotopic (exact) mass is 419 g/mol. The summed E-state index contributed by atoms with van der Waals surface area (Å²) in [7, 11) is -0.123. The van der Waals surface area contributed by atoms with E-state index in [9.17, 15) is 19.6 Å². The summed E-state index contributed by atoms with van der Waals surface area (Å²) in [5.41, 5.74) is 6.88. The van der Waals surface area contributed by atoms with Gasteiger partial charge in [-0.1, -0.05) is 32.0 Å². The quantitative estimate of drug-likeness (QED) is 0.128. The van der Waals surface area contributed by atoms with Gasteiger partial charge in [-0.05, 0) is 43.7 Å². The number of nitrogens with two attached hydrogens (primary N) is 1. The minimum absolute atomic E-state index is 0.151. The molecular formula is C20H34BN5O4. The zero-order valence-electron chi connectivity index (χ0n) is 18.2. The molecule has 0 aliphatic carbocycles. The molecule has 0 spiro atoms. The van der Waals surface area contributed by atoms with Crippen molar-refractivity contribution in [2.24, 2.45) is 16.6 Å². The van der Waals surface area contributed by atoms with Crippen molar-refractivity contribution < 1.29 is 19.6 Å². The summed E-state index contributed by atoms with van der Waals surface area (Å²) in [5.74, 6) is -1.21. The number of guanidine groups is 1. The molecule has 0 aromatic heterocycles. The average molecular weight is 419 g/mol. The Morgan fingerprint density at radius 1 is 1.20 bits per heavy atom. The van der Waals surface area contributed by atoms with Gasteiger partial charge in [0, 0.05) is 19.2 Å². The molecule has 0 fully saturated rings. The van der Waals surface area contributed by atoms with Gasteiger partial charge in [-0.2, -0.15) is 0 Å². The Morgan fingerprint density at radius 3 is 2.43 bits per heavy atom. The molecule has 0 aliphatic rings. The predicted molar refractivity (Wildman–Crippen MR) is 119 cm³/mol. The van der Waals surface area contributed by atoms with Crippen LogP contribution in [0.4, 0.5) is 0 Å². The third-order valence-electron chi connectivity index (χ3n) is 4.64. The molecule has 9 nitrogen and oxygen atoms in total. The average Bonchev–Trinajstić information content (AvgIpc) is 2.69. The fraction of sp³-hybridized carbons (Fsp3) is 0.550. The maximum absolute atomic E-state index is 12.9. The van der Waals surface area contributed by atoms with Crippen molar-refractivity contribution in [1.82, 2.24) is 16.0 Å². The summed E-state index contributed by atoms with van der Waals surface area (Å²) in [6, 6.07) is 6.27. The normalized spacial score (nSPS) is 13.5. The molecule has 0 heterocycles. The Bertz CT molecular complexity index is 727. The molecule has 2 amide bonds. The lowest BCUT2D eigenvalue weighted by atomic mass is 9.75. The molecule has 1 rings (SSSR count). The highest BCUT2D eigenvalue weighted by atomic mass is 16.4. The first-order valence-electron chi connectivity index (χ1n) is 10.1. The number of hydrogen-bond donors (Lipinski definition) is 6. The summed E-state index contributed by atoms with van der Waals surface area (Å²) >= 11 is 0. The zero-order chi connectivity index (χ0) is 22.7. The lowest BCUT2D eigenvalue weighted by Gasteiger charge is -2.24. The van der Waals surface area contributed by atoms with E-state index in [2.05, 4.69) is 20.9 Å². The van der Waals surface area contributed by atoms with Gasteiger partial charge in [0.2, 0.25) is 5.91 Å². The van der Waals surface area contributed by atoms with E-state index in [-0.39, 0.29) is 11.8 Å². The van der Waals surface area contributed by atoms with Crippen LogP contribution in [-0.2, 0) is 4.79 Å². The predicted octanol–water partition coefficient (Wildman–Crippen LogP) is -0.0494. The van der Waals surface area contributed by atoms with Crippen LogP contribution < -0.4 is 21.7 Å². The van der Waals surface area contributed by atoms with Gasteiger partial charge in [0.25, 0.3) is 5.91 Å². The lowest BCUT2D eigenvalue weighted by Crippen LogP contribution is -2.54. The number of amides is 2. The number of carbonyl (C=O) groups excluding carboxylic acids is 2. The van der Waals surface area contributed by atoms with E-state index in [1.807, 2.05) is 32.9 Å². The first-order chi connectivity index (χ1) is 14.1. The highest BCUT2D eigenvalue weighted by Crippen LogP contribution is 2.10. The lowest BCUT2D eigenvalue weighted by molar-refractivity contribution is -0.123. The first-order valence-corrected chi connectivity index (χ1v) is 10.1. The molecule has 0 aliphatic heterocycles. The Morgan fingerprint density at radius 2 is 1.87 bits per heavy atom. The minimum Gasteiger partial charge on any atom is -0.426 e. The molecule has 2 atom stereocenters. The van der Waals surface area contributed by atoms with Gasteiger partial charge in [-0.15, -0.1) is 0 Å². The number of benzene rings is 1. The fourth-order valence-electron chi connectivity index (χ4n) is 2.98. The van der Waals surface area contributed by atoms with Crippen LogP contribution >= 0.6 is 0 Å². The van der Waals surface area contributed by atoms with Crippen molar-refractivity contribution >= 4 is 24.9 Å². The molecule has 0 saturated carbocycles. The Balaban J connectivity index is 2.88. The fourth-order valence-corrected chi connectivity index (χ4v) is 2.98. The van der Waals surface area contributed by atoms with Crippen molar-refractivity contribution in [2.45, 2.75) is 52.0 Å². The summed E-state index contributed by atoms with van der Waals surface area (Å²) in [5, 5.41) is 27.6. The molecule has 30 heavy (non-hydrogen) atoms. The van der Waals surface area contributed by atoms with E-state index in [0.717, 1.165) is 5.56 Å². The van der Waals surface area contributed by atoms with Gasteiger partial charge < -0.3 is 31.7 Å². The van der Waals surface area contributed by atoms with Crippen LogP contribution in [0, 0.1) is 12.8 Å². The molecular weight excluding hydrogens is 385 g/mol. The molecule has 10 heteroatoms. The molecule has 166 valence electrons. The first kappa shape index (κ1) is 25.5. The molecule has 7 N–H and O–H groups in total. The van der Waals surface area contributed by atoms with E-state index in [1.54, 1.807) is 19.2 Å².